The first kappa shape index (κ1) is 22.3. The standard InChI is InChI=1S/C28H42O/c1-3-5-7-21-29-22-24-11-15-26(16-12-24)28-19-17-27(18-20-28)25-13-9-23(10-14-25)8-6-4-2/h5-8,11-12,15-16,23,25,27-28H,3-4,9-10,13-14,17-22H2,1-2H3/b7-5?,8-6+. The summed E-state index contributed by atoms with van der Waals surface area (Å²) in [6.45, 7) is 5.83. The second kappa shape index (κ2) is 12.4. The van der Waals surface area contributed by atoms with Crippen molar-refractivity contribution in [2.75, 3.05) is 6.61 Å². The van der Waals surface area contributed by atoms with Crippen molar-refractivity contribution in [3.63, 3.8) is 0 Å². The molecule has 2 fully saturated rings. The number of allylic oxidation sites excluding steroid dienone is 3. The second-order valence-corrected chi connectivity index (χ2v) is 9.26. The number of rotatable bonds is 9. The van der Waals surface area contributed by atoms with Crippen molar-refractivity contribution in [3.8, 4) is 0 Å². The molecule has 0 aliphatic heterocycles. The fourth-order valence-corrected chi connectivity index (χ4v) is 5.43. The first-order chi connectivity index (χ1) is 14.3. The lowest BCUT2D eigenvalue weighted by molar-refractivity contribution is 0.148. The van der Waals surface area contributed by atoms with Gasteiger partial charge in [-0.15, -0.1) is 0 Å². The minimum absolute atomic E-state index is 0.719. The van der Waals surface area contributed by atoms with Gasteiger partial charge < -0.3 is 4.74 Å². The van der Waals surface area contributed by atoms with Crippen molar-refractivity contribution in [1.82, 2.24) is 0 Å². The van der Waals surface area contributed by atoms with Gasteiger partial charge in [-0.05, 0) is 99.0 Å². The number of ether oxygens (including phenoxy) is 1. The summed E-state index contributed by atoms with van der Waals surface area (Å²) >= 11 is 0. The summed E-state index contributed by atoms with van der Waals surface area (Å²) in [4.78, 5) is 0. The van der Waals surface area contributed by atoms with Gasteiger partial charge in [-0.25, -0.2) is 0 Å². The molecule has 0 radical (unpaired) electrons. The van der Waals surface area contributed by atoms with E-state index in [1.807, 2.05) is 0 Å². The number of hydrogen-bond acceptors (Lipinski definition) is 1. The zero-order valence-electron chi connectivity index (χ0n) is 18.8. The molecular weight excluding hydrogens is 352 g/mol. The van der Waals surface area contributed by atoms with Crippen molar-refractivity contribution in [2.24, 2.45) is 17.8 Å². The largest absolute Gasteiger partial charge is 0.373 e. The highest BCUT2D eigenvalue weighted by Gasteiger charge is 2.30. The fourth-order valence-electron chi connectivity index (χ4n) is 5.43. The highest BCUT2D eigenvalue weighted by atomic mass is 16.5. The van der Waals surface area contributed by atoms with Crippen molar-refractivity contribution < 1.29 is 4.74 Å². The Hall–Kier alpha value is -1.34. The van der Waals surface area contributed by atoms with Crippen LogP contribution in [0.1, 0.15) is 95.1 Å². The first-order valence-corrected chi connectivity index (χ1v) is 12.3. The third-order valence-electron chi connectivity index (χ3n) is 7.24. The monoisotopic (exact) mass is 394 g/mol. The van der Waals surface area contributed by atoms with Crippen molar-refractivity contribution in [1.29, 1.82) is 0 Å². The minimum atomic E-state index is 0.719. The Morgan fingerprint density at radius 2 is 1.38 bits per heavy atom. The van der Waals surface area contributed by atoms with Gasteiger partial charge in [0.25, 0.3) is 0 Å². The van der Waals surface area contributed by atoms with Gasteiger partial charge in [0, 0.05) is 0 Å². The van der Waals surface area contributed by atoms with Gasteiger partial charge in [0.1, 0.15) is 0 Å². The summed E-state index contributed by atoms with van der Waals surface area (Å²) in [5, 5.41) is 0. The van der Waals surface area contributed by atoms with Gasteiger partial charge in [0.15, 0.2) is 0 Å². The molecule has 0 aromatic heterocycles. The Morgan fingerprint density at radius 3 is 2.00 bits per heavy atom. The molecule has 0 atom stereocenters. The number of benzene rings is 1. The molecule has 1 aromatic carbocycles. The Balaban J connectivity index is 1.39. The van der Waals surface area contributed by atoms with E-state index in [1.54, 1.807) is 5.56 Å². The average molecular weight is 395 g/mol. The van der Waals surface area contributed by atoms with E-state index in [0.717, 1.165) is 43.3 Å². The van der Waals surface area contributed by atoms with Crippen LogP contribution in [0, 0.1) is 17.8 Å². The van der Waals surface area contributed by atoms with E-state index < -0.39 is 0 Å². The molecule has 0 N–H and O–H groups in total. The molecule has 0 amide bonds. The highest BCUT2D eigenvalue weighted by Crippen LogP contribution is 2.44. The van der Waals surface area contributed by atoms with E-state index in [9.17, 15) is 0 Å². The van der Waals surface area contributed by atoms with E-state index in [-0.39, 0.29) is 0 Å². The molecule has 2 saturated carbocycles. The smallest absolute Gasteiger partial charge is 0.0721 e. The van der Waals surface area contributed by atoms with Crippen LogP contribution in [0.4, 0.5) is 0 Å². The van der Waals surface area contributed by atoms with Crippen LogP contribution in [0.5, 0.6) is 0 Å². The van der Waals surface area contributed by atoms with Crippen LogP contribution in [-0.4, -0.2) is 6.61 Å². The zero-order valence-corrected chi connectivity index (χ0v) is 18.8. The maximum atomic E-state index is 5.73. The molecule has 3 rings (SSSR count). The third-order valence-corrected chi connectivity index (χ3v) is 7.24. The predicted molar refractivity (Wildman–Crippen MR) is 125 cm³/mol. The van der Waals surface area contributed by atoms with Crippen molar-refractivity contribution >= 4 is 0 Å². The first-order valence-electron chi connectivity index (χ1n) is 12.3. The van der Waals surface area contributed by atoms with Gasteiger partial charge in [0.2, 0.25) is 0 Å². The summed E-state index contributed by atoms with van der Waals surface area (Å²) in [5.74, 6) is 3.64. The predicted octanol–water partition coefficient (Wildman–Crippen LogP) is 8.22. The topological polar surface area (TPSA) is 9.23 Å². The molecule has 29 heavy (non-hydrogen) atoms. The normalized spacial score (nSPS) is 28.3. The lowest BCUT2D eigenvalue weighted by Crippen LogP contribution is -2.25. The van der Waals surface area contributed by atoms with Crippen LogP contribution >= 0.6 is 0 Å². The molecule has 2 aliphatic carbocycles. The molecular formula is C28H42O. The molecule has 0 heterocycles. The average Bonchev–Trinajstić information content (AvgIpc) is 2.78. The Bertz CT molecular complexity index is 610. The lowest BCUT2D eigenvalue weighted by atomic mass is 9.68. The molecule has 0 spiro atoms. The van der Waals surface area contributed by atoms with E-state index in [0.29, 0.717) is 0 Å². The van der Waals surface area contributed by atoms with E-state index in [2.05, 4.69) is 62.4 Å². The van der Waals surface area contributed by atoms with Gasteiger partial charge in [-0.3, -0.25) is 0 Å². The number of hydrogen-bond donors (Lipinski definition) is 0. The summed E-state index contributed by atoms with van der Waals surface area (Å²) < 4.78 is 5.73. The Kier molecular flexibility index (Phi) is 9.54. The fraction of sp³-hybridized carbons (Fsp3) is 0.643. The van der Waals surface area contributed by atoms with Gasteiger partial charge >= 0.3 is 0 Å². The van der Waals surface area contributed by atoms with Crippen LogP contribution in [0.2, 0.25) is 0 Å². The van der Waals surface area contributed by atoms with E-state index in [1.165, 1.54) is 63.4 Å². The van der Waals surface area contributed by atoms with Crippen molar-refractivity contribution in [3.05, 3.63) is 59.7 Å². The third kappa shape index (κ3) is 7.14. The van der Waals surface area contributed by atoms with Gasteiger partial charge in [-0.2, -0.15) is 0 Å². The summed E-state index contributed by atoms with van der Waals surface area (Å²) in [7, 11) is 0. The quantitative estimate of drug-likeness (QED) is 0.303. The van der Waals surface area contributed by atoms with Crippen LogP contribution in [0.15, 0.2) is 48.6 Å². The summed E-state index contributed by atoms with van der Waals surface area (Å²) in [5.41, 5.74) is 2.84. The second-order valence-electron chi connectivity index (χ2n) is 9.26. The molecule has 0 saturated heterocycles. The molecule has 0 bridgehead atoms. The van der Waals surface area contributed by atoms with Crippen LogP contribution in [0.25, 0.3) is 0 Å². The van der Waals surface area contributed by atoms with E-state index >= 15 is 0 Å². The van der Waals surface area contributed by atoms with E-state index in [4.69, 9.17) is 4.74 Å². The summed E-state index contributed by atoms with van der Waals surface area (Å²) in [6, 6.07) is 9.26. The molecule has 2 aliphatic rings. The summed E-state index contributed by atoms with van der Waals surface area (Å²) in [6.07, 6.45) is 22.9. The molecule has 1 aromatic rings. The van der Waals surface area contributed by atoms with Gasteiger partial charge in [0.05, 0.1) is 13.2 Å². The molecule has 1 heteroatoms. The van der Waals surface area contributed by atoms with Gasteiger partial charge in [-0.1, -0.05) is 62.4 Å². The Morgan fingerprint density at radius 1 is 0.759 bits per heavy atom. The molecule has 1 nitrogen and oxygen atoms in total. The minimum Gasteiger partial charge on any atom is -0.373 e. The van der Waals surface area contributed by atoms with Crippen LogP contribution in [-0.2, 0) is 11.3 Å². The SMILES string of the molecule is CCC=CCOCc1ccc(C2CCC(C3CCC(/C=C/CC)CC3)CC2)cc1. The highest BCUT2D eigenvalue weighted by molar-refractivity contribution is 5.25. The van der Waals surface area contributed by atoms with Crippen LogP contribution < -0.4 is 0 Å². The lowest BCUT2D eigenvalue weighted by Gasteiger charge is -2.37. The Labute approximate surface area is 179 Å². The molecule has 0 unspecified atom stereocenters. The van der Waals surface area contributed by atoms with Crippen molar-refractivity contribution in [2.45, 2.75) is 90.6 Å². The maximum Gasteiger partial charge on any atom is 0.0721 e. The zero-order chi connectivity index (χ0) is 20.3. The maximum absolute atomic E-state index is 5.73. The molecule has 160 valence electrons. The van der Waals surface area contributed by atoms with Crippen LogP contribution in [0.3, 0.4) is 0 Å².